The summed E-state index contributed by atoms with van der Waals surface area (Å²) in [6.07, 6.45) is 7.91. The number of rotatable bonds is 10. The standard InChI is InChI=1S/C28H36N4O3.C12H25N3O/c1-20-5-7-23(8-6-20)35-27-4-2-3-25-24(27)19-26(30-25)28(34)29-21-9-13-31(14-10-21)17-18-32-15-11-22(33)12-16-32;13-11-3-6-14(7-4-11)8-9-15-5-1-2-12(16)10-15/h2-8,19,21-22,30,33H,9-18H2,1H3,(H,29,34);11-12,16H,1-10,13H2. The molecule has 51 heavy (non-hydrogen) atoms. The predicted octanol–water partition coefficient (Wildman–Crippen LogP) is 3.79. The second-order valence-corrected chi connectivity index (χ2v) is 15.3. The summed E-state index contributed by atoms with van der Waals surface area (Å²) < 4.78 is 6.10. The molecule has 11 nitrogen and oxygen atoms in total. The van der Waals surface area contributed by atoms with Crippen molar-refractivity contribution < 1.29 is 19.7 Å². The highest BCUT2D eigenvalue weighted by Crippen LogP contribution is 2.31. The minimum Gasteiger partial charge on any atom is -0.457 e. The van der Waals surface area contributed by atoms with Gasteiger partial charge < -0.3 is 45.7 Å². The Bertz CT molecular complexity index is 1490. The van der Waals surface area contributed by atoms with Crippen molar-refractivity contribution in [3.05, 3.63) is 59.8 Å². The molecular formula is C40H61N7O4. The Labute approximate surface area is 304 Å². The van der Waals surface area contributed by atoms with Gasteiger partial charge in [-0.05, 0) is 108 Å². The lowest BCUT2D eigenvalue weighted by Gasteiger charge is -2.35. The zero-order valence-electron chi connectivity index (χ0n) is 30.6. The van der Waals surface area contributed by atoms with Crippen molar-refractivity contribution in [2.24, 2.45) is 5.73 Å². The van der Waals surface area contributed by atoms with Gasteiger partial charge in [0.05, 0.1) is 12.2 Å². The zero-order chi connectivity index (χ0) is 35.6. The van der Waals surface area contributed by atoms with E-state index in [1.807, 2.05) is 55.5 Å². The summed E-state index contributed by atoms with van der Waals surface area (Å²) in [5.74, 6) is 1.45. The normalized spacial score (nSPS) is 22.5. The first-order chi connectivity index (χ1) is 24.8. The van der Waals surface area contributed by atoms with E-state index in [-0.39, 0.29) is 24.2 Å². The van der Waals surface area contributed by atoms with Gasteiger partial charge in [-0.1, -0.05) is 23.8 Å². The lowest BCUT2D eigenvalue weighted by atomic mass is 10.0. The van der Waals surface area contributed by atoms with Crippen molar-refractivity contribution in [3.63, 3.8) is 0 Å². The Hall–Kier alpha value is -3.03. The second kappa shape index (κ2) is 18.6. The van der Waals surface area contributed by atoms with E-state index >= 15 is 0 Å². The number of aliphatic hydroxyl groups is 2. The third-order valence-electron chi connectivity index (χ3n) is 11.2. The lowest BCUT2D eigenvalue weighted by Crippen LogP contribution is -2.47. The molecule has 1 amide bonds. The van der Waals surface area contributed by atoms with Gasteiger partial charge in [0.25, 0.3) is 5.91 Å². The summed E-state index contributed by atoms with van der Waals surface area (Å²) >= 11 is 0. The number of nitrogens with two attached hydrogens (primary N) is 1. The number of aromatic nitrogens is 1. The van der Waals surface area contributed by atoms with E-state index < -0.39 is 0 Å². The quantitative estimate of drug-likeness (QED) is 0.214. The number of nitrogens with zero attached hydrogens (tertiary/aromatic N) is 4. The van der Waals surface area contributed by atoms with Crippen molar-refractivity contribution >= 4 is 16.8 Å². The number of benzene rings is 2. The van der Waals surface area contributed by atoms with E-state index in [2.05, 4.69) is 29.9 Å². The van der Waals surface area contributed by atoms with E-state index in [1.165, 1.54) is 5.56 Å². The topological polar surface area (TPSA) is 134 Å². The molecule has 4 saturated heterocycles. The number of ether oxygens (including phenoxy) is 1. The molecule has 7 rings (SSSR count). The maximum absolute atomic E-state index is 13.0. The number of β-amino-alcohol motifs (C(OH)–C–C–N with tert-alkyl or cyclic N) is 1. The molecule has 5 heterocycles. The van der Waals surface area contributed by atoms with Crippen LogP contribution in [0, 0.1) is 6.92 Å². The van der Waals surface area contributed by atoms with Gasteiger partial charge in [0.2, 0.25) is 0 Å². The molecule has 0 aliphatic carbocycles. The van der Waals surface area contributed by atoms with E-state index in [4.69, 9.17) is 10.5 Å². The average molecular weight is 704 g/mol. The van der Waals surface area contributed by atoms with Crippen LogP contribution in [0.15, 0.2) is 48.5 Å². The monoisotopic (exact) mass is 703 g/mol. The SMILES string of the molecule is Cc1ccc(Oc2cccc3[nH]c(C(=O)NC4CCN(CCN5CCC(O)CC5)CC4)cc23)cc1.NC1CCN(CCN2CCCC(O)C2)CC1. The molecule has 11 heteroatoms. The number of hydrogen-bond donors (Lipinski definition) is 5. The Kier molecular flexibility index (Phi) is 13.8. The fourth-order valence-electron chi connectivity index (χ4n) is 7.76. The number of likely N-dealkylation sites (tertiary alicyclic amines) is 4. The lowest BCUT2D eigenvalue weighted by molar-refractivity contribution is 0.0625. The number of H-pyrrole nitrogens is 1. The molecule has 1 aromatic heterocycles. The molecule has 0 spiro atoms. The molecule has 0 saturated carbocycles. The zero-order valence-corrected chi connectivity index (χ0v) is 30.6. The Morgan fingerprint density at radius 1 is 0.784 bits per heavy atom. The number of nitrogens with one attached hydrogen (secondary N) is 2. The van der Waals surface area contributed by atoms with Crippen LogP contribution in [0.5, 0.6) is 11.5 Å². The molecule has 2 aromatic carbocycles. The summed E-state index contributed by atoms with van der Waals surface area (Å²) in [5.41, 5.74) is 8.52. The summed E-state index contributed by atoms with van der Waals surface area (Å²) in [4.78, 5) is 26.1. The van der Waals surface area contributed by atoms with Gasteiger partial charge in [0.15, 0.2) is 0 Å². The number of aliphatic hydroxyl groups excluding tert-OH is 2. The Morgan fingerprint density at radius 3 is 2.04 bits per heavy atom. The largest absolute Gasteiger partial charge is 0.457 e. The molecule has 1 unspecified atom stereocenters. The first-order valence-corrected chi connectivity index (χ1v) is 19.5. The number of aryl methyl sites for hydroxylation is 1. The third kappa shape index (κ3) is 11.5. The highest BCUT2D eigenvalue weighted by Gasteiger charge is 2.24. The van der Waals surface area contributed by atoms with Gasteiger partial charge in [0.1, 0.15) is 17.2 Å². The van der Waals surface area contributed by atoms with Crippen LogP contribution >= 0.6 is 0 Å². The van der Waals surface area contributed by atoms with Gasteiger partial charge in [-0.3, -0.25) is 9.69 Å². The van der Waals surface area contributed by atoms with Crippen LogP contribution in [0.2, 0.25) is 0 Å². The minimum atomic E-state index is -0.116. The van der Waals surface area contributed by atoms with Crippen LogP contribution in [0.3, 0.4) is 0 Å². The first kappa shape index (κ1) is 37.7. The smallest absolute Gasteiger partial charge is 0.267 e. The molecule has 3 aromatic rings. The minimum absolute atomic E-state index is 0.0622. The summed E-state index contributed by atoms with van der Waals surface area (Å²) in [6.45, 7) is 14.7. The molecule has 4 aliphatic rings. The maximum atomic E-state index is 13.0. The van der Waals surface area contributed by atoms with Crippen molar-refractivity contribution in [1.82, 2.24) is 29.9 Å². The molecule has 4 fully saturated rings. The molecular weight excluding hydrogens is 642 g/mol. The highest BCUT2D eigenvalue weighted by atomic mass is 16.5. The Balaban J connectivity index is 0.000000234. The van der Waals surface area contributed by atoms with Gasteiger partial charge in [-0.15, -0.1) is 0 Å². The first-order valence-electron chi connectivity index (χ1n) is 19.5. The molecule has 0 radical (unpaired) electrons. The van der Waals surface area contributed by atoms with Crippen LogP contribution in [-0.2, 0) is 0 Å². The van der Waals surface area contributed by atoms with Crippen LogP contribution in [-0.4, -0.2) is 144 Å². The molecule has 0 bridgehead atoms. The van der Waals surface area contributed by atoms with Gasteiger partial charge >= 0.3 is 0 Å². The summed E-state index contributed by atoms with van der Waals surface area (Å²) in [5, 5.41) is 23.4. The predicted molar refractivity (Wildman–Crippen MR) is 203 cm³/mol. The van der Waals surface area contributed by atoms with Gasteiger partial charge in [-0.2, -0.15) is 0 Å². The number of hydrogen-bond acceptors (Lipinski definition) is 9. The third-order valence-corrected chi connectivity index (χ3v) is 11.2. The van der Waals surface area contributed by atoms with E-state index in [0.717, 1.165) is 152 Å². The number of aromatic amines is 1. The van der Waals surface area contributed by atoms with Crippen molar-refractivity contribution in [1.29, 1.82) is 0 Å². The van der Waals surface area contributed by atoms with Crippen LogP contribution < -0.4 is 15.8 Å². The van der Waals surface area contributed by atoms with Crippen molar-refractivity contribution in [2.45, 2.75) is 82.6 Å². The highest BCUT2D eigenvalue weighted by molar-refractivity contribution is 5.99. The molecule has 6 N–H and O–H groups in total. The number of fused-ring (bicyclic) bond motifs is 1. The van der Waals surface area contributed by atoms with Gasteiger partial charge in [0, 0.05) is 81.9 Å². The summed E-state index contributed by atoms with van der Waals surface area (Å²) in [6, 6.07) is 16.3. The van der Waals surface area contributed by atoms with E-state index in [0.29, 0.717) is 11.7 Å². The van der Waals surface area contributed by atoms with E-state index in [1.54, 1.807) is 0 Å². The fourth-order valence-corrected chi connectivity index (χ4v) is 7.76. The number of piperidine rings is 4. The summed E-state index contributed by atoms with van der Waals surface area (Å²) in [7, 11) is 0. The number of amides is 1. The molecule has 1 atom stereocenters. The average Bonchev–Trinajstić information content (AvgIpc) is 3.59. The Morgan fingerprint density at radius 2 is 1.39 bits per heavy atom. The number of carbonyl (C=O) groups is 1. The van der Waals surface area contributed by atoms with Gasteiger partial charge in [-0.25, -0.2) is 0 Å². The molecule has 4 aliphatic heterocycles. The van der Waals surface area contributed by atoms with E-state index in [9.17, 15) is 15.0 Å². The maximum Gasteiger partial charge on any atom is 0.267 e. The van der Waals surface area contributed by atoms with Crippen molar-refractivity contribution in [2.75, 3.05) is 78.5 Å². The molecule has 280 valence electrons. The second-order valence-electron chi connectivity index (χ2n) is 15.3. The van der Waals surface area contributed by atoms with Crippen molar-refractivity contribution in [3.8, 4) is 11.5 Å². The number of carbonyl (C=O) groups excluding carboxylic acids is 1. The fraction of sp³-hybridized carbons (Fsp3) is 0.625. The van der Waals surface area contributed by atoms with Crippen LogP contribution in [0.1, 0.15) is 67.4 Å². The van der Waals surface area contributed by atoms with Crippen LogP contribution in [0.25, 0.3) is 10.9 Å². The van der Waals surface area contributed by atoms with Crippen LogP contribution in [0.4, 0.5) is 0 Å².